The van der Waals surface area contributed by atoms with E-state index in [1.807, 2.05) is 55.5 Å². The molecule has 0 saturated heterocycles. The molecule has 0 radical (unpaired) electrons. The quantitative estimate of drug-likeness (QED) is 0.853. The number of nitrogens with one attached hydrogen (secondary N) is 2. The zero-order valence-electron chi connectivity index (χ0n) is 12.6. The van der Waals surface area contributed by atoms with Crippen molar-refractivity contribution in [1.29, 1.82) is 0 Å². The Morgan fingerprint density at radius 1 is 1.05 bits per heavy atom. The normalized spacial score (nSPS) is 10.4. The lowest BCUT2D eigenvalue weighted by Crippen LogP contribution is -2.15. The lowest BCUT2D eigenvalue weighted by atomic mass is 10.1. The van der Waals surface area contributed by atoms with E-state index >= 15 is 0 Å². The Hall–Kier alpha value is -2.13. The highest BCUT2D eigenvalue weighted by Gasteiger charge is 2.04. The fourth-order valence-electron chi connectivity index (χ4n) is 2.19. The summed E-state index contributed by atoms with van der Waals surface area (Å²) in [5.41, 5.74) is 4.27. The van der Waals surface area contributed by atoms with Crippen molar-refractivity contribution in [2.24, 2.45) is 0 Å². The van der Waals surface area contributed by atoms with Gasteiger partial charge in [-0.3, -0.25) is 4.79 Å². The molecule has 0 fully saturated rings. The lowest BCUT2D eigenvalue weighted by molar-refractivity contribution is -0.115. The van der Waals surface area contributed by atoms with Gasteiger partial charge in [0.15, 0.2) is 0 Å². The van der Waals surface area contributed by atoms with E-state index in [2.05, 4.69) is 17.6 Å². The van der Waals surface area contributed by atoms with Crippen molar-refractivity contribution in [2.45, 2.75) is 26.8 Å². The van der Waals surface area contributed by atoms with Crippen LogP contribution in [0.3, 0.4) is 0 Å². The van der Waals surface area contributed by atoms with Gasteiger partial charge in [-0.25, -0.2) is 0 Å². The molecular weight excluding hydrogens is 260 g/mol. The maximum absolute atomic E-state index is 12.0. The molecule has 0 saturated carbocycles. The van der Waals surface area contributed by atoms with Crippen LogP contribution >= 0.6 is 0 Å². The molecule has 21 heavy (non-hydrogen) atoms. The second kappa shape index (κ2) is 7.60. The number of benzene rings is 2. The minimum Gasteiger partial charge on any atom is -0.326 e. The number of carbonyl (C=O) groups excluding carboxylic acids is 1. The third-order valence-electron chi connectivity index (χ3n) is 3.26. The molecule has 3 heteroatoms. The molecule has 0 aliphatic rings. The lowest BCUT2D eigenvalue weighted by Gasteiger charge is -2.07. The van der Waals surface area contributed by atoms with Crippen molar-refractivity contribution in [2.75, 3.05) is 11.9 Å². The Balaban J connectivity index is 1.90. The Kier molecular flexibility index (Phi) is 5.52. The number of hydrogen-bond acceptors (Lipinski definition) is 2. The third kappa shape index (κ3) is 5.04. The second-order valence-electron chi connectivity index (χ2n) is 5.19. The van der Waals surface area contributed by atoms with E-state index in [0.717, 1.165) is 24.3 Å². The zero-order chi connectivity index (χ0) is 15.1. The van der Waals surface area contributed by atoms with Gasteiger partial charge in [-0.15, -0.1) is 0 Å². The van der Waals surface area contributed by atoms with Crippen LogP contribution in [0.1, 0.15) is 23.6 Å². The summed E-state index contributed by atoms with van der Waals surface area (Å²) in [6.07, 6.45) is 0.404. The van der Waals surface area contributed by atoms with Crippen molar-refractivity contribution >= 4 is 11.6 Å². The van der Waals surface area contributed by atoms with Crippen LogP contribution in [0.15, 0.2) is 48.5 Å². The van der Waals surface area contributed by atoms with E-state index in [-0.39, 0.29) is 5.91 Å². The highest BCUT2D eigenvalue weighted by Crippen LogP contribution is 2.11. The van der Waals surface area contributed by atoms with Gasteiger partial charge in [0.2, 0.25) is 5.91 Å². The molecule has 0 aliphatic heterocycles. The second-order valence-corrected chi connectivity index (χ2v) is 5.19. The van der Waals surface area contributed by atoms with Gasteiger partial charge in [0.1, 0.15) is 0 Å². The first-order valence-electron chi connectivity index (χ1n) is 7.32. The predicted molar refractivity (Wildman–Crippen MR) is 87.3 cm³/mol. The van der Waals surface area contributed by atoms with Crippen molar-refractivity contribution in [3.63, 3.8) is 0 Å². The number of carbonyl (C=O) groups is 1. The van der Waals surface area contributed by atoms with Crippen molar-refractivity contribution in [1.82, 2.24) is 5.32 Å². The van der Waals surface area contributed by atoms with Gasteiger partial charge in [-0.2, -0.15) is 0 Å². The summed E-state index contributed by atoms with van der Waals surface area (Å²) >= 11 is 0. The summed E-state index contributed by atoms with van der Waals surface area (Å²) in [7, 11) is 0. The molecule has 2 aromatic rings. The van der Waals surface area contributed by atoms with E-state index in [9.17, 15) is 4.79 Å². The molecule has 0 heterocycles. The number of hydrogen-bond donors (Lipinski definition) is 2. The SMILES string of the molecule is CCNCc1ccc(NC(=O)Cc2cccc(C)c2)cc1. The van der Waals surface area contributed by atoms with Gasteiger partial charge >= 0.3 is 0 Å². The molecule has 1 amide bonds. The highest BCUT2D eigenvalue weighted by atomic mass is 16.1. The Bertz CT molecular complexity index is 590. The summed E-state index contributed by atoms with van der Waals surface area (Å²) in [6, 6.07) is 16.0. The smallest absolute Gasteiger partial charge is 0.228 e. The molecule has 110 valence electrons. The Labute approximate surface area is 126 Å². The van der Waals surface area contributed by atoms with E-state index in [1.54, 1.807) is 0 Å². The molecule has 0 bridgehead atoms. The molecular formula is C18H22N2O. The summed E-state index contributed by atoms with van der Waals surface area (Å²) in [4.78, 5) is 12.0. The molecule has 0 aromatic heterocycles. The van der Waals surface area contributed by atoms with Crippen LogP contribution in [-0.4, -0.2) is 12.5 Å². The Morgan fingerprint density at radius 2 is 1.81 bits per heavy atom. The topological polar surface area (TPSA) is 41.1 Å². The van der Waals surface area contributed by atoms with E-state index < -0.39 is 0 Å². The molecule has 2 aromatic carbocycles. The van der Waals surface area contributed by atoms with Crippen LogP contribution in [0.25, 0.3) is 0 Å². The number of aryl methyl sites for hydroxylation is 1. The first-order valence-corrected chi connectivity index (χ1v) is 7.32. The van der Waals surface area contributed by atoms with Crippen LogP contribution in [0, 0.1) is 6.92 Å². The van der Waals surface area contributed by atoms with Gasteiger partial charge in [0.25, 0.3) is 0 Å². The van der Waals surface area contributed by atoms with Gasteiger partial charge in [0.05, 0.1) is 6.42 Å². The first-order chi connectivity index (χ1) is 10.2. The maximum Gasteiger partial charge on any atom is 0.228 e. The summed E-state index contributed by atoms with van der Waals surface area (Å²) in [6.45, 7) is 5.92. The summed E-state index contributed by atoms with van der Waals surface area (Å²) in [5.74, 6) is 0.0139. The fourth-order valence-corrected chi connectivity index (χ4v) is 2.19. The molecule has 2 N–H and O–H groups in total. The monoisotopic (exact) mass is 282 g/mol. The van der Waals surface area contributed by atoms with Gasteiger partial charge < -0.3 is 10.6 Å². The average Bonchev–Trinajstić information content (AvgIpc) is 2.46. The van der Waals surface area contributed by atoms with Crippen LogP contribution in [-0.2, 0) is 17.8 Å². The molecule has 2 rings (SSSR count). The van der Waals surface area contributed by atoms with Gasteiger partial charge in [-0.1, -0.05) is 48.9 Å². The van der Waals surface area contributed by atoms with Crippen LogP contribution < -0.4 is 10.6 Å². The van der Waals surface area contributed by atoms with Crippen molar-refractivity contribution < 1.29 is 4.79 Å². The number of amides is 1. The number of rotatable bonds is 6. The first kappa shape index (κ1) is 15.3. The highest BCUT2D eigenvalue weighted by molar-refractivity contribution is 5.92. The minimum absolute atomic E-state index is 0.0139. The molecule has 0 unspecified atom stereocenters. The number of anilines is 1. The summed E-state index contributed by atoms with van der Waals surface area (Å²) in [5, 5.41) is 6.21. The van der Waals surface area contributed by atoms with E-state index in [1.165, 1.54) is 11.1 Å². The fraction of sp³-hybridized carbons (Fsp3) is 0.278. The molecule has 3 nitrogen and oxygen atoms in total. The van der Waals surface area contributed by atoms with Crippen LogP contribution in [0.2, 0.25) is 0 Å². The molecule has 0 aliphatic carbocycles. The van der Waals surface area contributed by atoms with Gasteiger partial charge in [0, 0.05) is 12.2 Å². The van der Waals surface area contributed by atoms with Crippen molar-refractivity contribution in [3.8, 4) is 0 Å². The average molecular weight is 282 g/mol. The predicted octanol–water partition coefficient (Wildman–Crippen LogP) is 3.29. The Morgan fingerprint density at radius 3 is 2.48 bits per heavy atom. The molecule has 0 spiro atoms. The van der Waals surface area contributed by atoms with E-state index in [0.29, 0.717) is 6.42 Å². The van der Waals surface area contributed by atoms with Crippen molar-refractivity contribution in [3.05, 3.63) is 65.2 Å². The van der Waals surface area contributed by atoms with Crippen LogP contribution in [0.5, 0.6) is 0 Å². The van der Waals surface area contributed by atoms with Crippen LogP contribution in [0.4, 0.5) is 5.69 Å². The maximum atomic E-state index is 12.0. The zero-order valence-corrected chi connectivity index (χ0v) is 12.6. The summed E-state index contributed by atoms with van der Waals surface area (Å²) < 4.78 is 0. The third-order valence-corrected chi connectivity index (χ3v) is 3.26. The largest absolute Gasteiger partial charge is 0.326 e. The standard InChI is InChI=1S/C18H22N2O/c1-3-19-13-15-7-9-17(10-8-15)20-18(21)12-16-6-4-5-14(2)11-16/h4-11,19H,3,12-13H2,1-2H3,(H,20,21). The minimum atomic E-state index is 0.0139. The van der Waals surface area contributed by atoms with E-state index in [4.69, 9.17) is 0 Å². The van der Waals surface area contributed by atoms with Gasteiger partial charge in [-0.05, 0) is 36.7 Å². The molecule has 0 atom stereocenters.